The van der Waals surface area contributed by atoms with Crippen LogP contribution < -0.4 is 0 Å². The second-order valence-corrected chi connectivity index (χ2v) is 3.84. The third kappa shape index (κ3) is 5.20. The van der Waals surface area contributed by atoms with Crippen LogP contribution in [0.3, 0.4) is 0 Å². The van der Waals surface area contributed by atoms with Gasteiger partial charge in [0.1, 0.15) is 0 Å². The highest BCUT2D eigenvalue weighted by Gasteiger charge is 2.18. The van der Waals surface area contributed by atoms with Gasteiger partial charge >= 0.3 is 8.60 Å². The lowest BCUT2D eigenvalue weighted by Crippen LogP contribution is -2.15. The molecule has 1 aliphatic rings. The van der Waals surface area contributed by atoms with Gasteiger partial charge in [0.05, 0.1) is 26.4 Å². The Hall–Kier alpha value is 0.230. The van der Waals surface area contributed by atoms with E-state index in [-0.39, 0.29) is 6.29 Å². The average molecular weight is 224 g/mol. The Morgan fingerprint density at radius 2 is 1.93 bits per heavy atom. The molecule has 0 spiro atoms. The molecule has 1 aliphatic heterocycles. The van der Waals surface area contributed by atoms with Crippen LogP contribution in [0, 0.1) is 0 Å². The van der Waals surface area contributed by atoms with Crippen LogP contribution in [0.2, 0.25) is 0 Å². The summed E-state index contributed by atoms with van der Waals surface area (Å²) in [4.78, 5) is 0. The first kappa shape index (κ1) is 12.3. The van der Waals surface area contributed by atoms with Gasteiger partial charge in [0.25, 0.3) is 0 Å². The molecule has 84 valence electrons. The van der Waals surface area contributed by atoms with Crippen molar-refractivity contribution in [2.45, 2.75) is 20.1 Å². The average Bonchev–Trinajstić information content (AvgIpc) is 2.65. The fourth-order valence-electron chi connectivity index (χ4n) is 0.944. The van der Waals surface area contributed by atoms with Gasteiger partial charge in [-0.25, -0.2) is 0 Å². The highest BCUT2D eigenvalue weighted by molar-refractivity contribution is 7.41. The SMILES string of the molecule is CCOC(C)OCCOP1OCCO1. The van der Waals surface area contributed by atoms with Crippen molar-refractivity contribution in [1.82, 2.24) is 0 Å². The number of rotatable bonds is 7. The molecule has 1 heterocycles. The van der Waals surface area contributed by atoms with Crippen LogP contribution in [0.25, 0.3) is 0 Å². The van der Waals surface area contributed by atoms with E-state index in [4.69, 9.17) is 23.0 Å². The smallest absolute Gasteiger partial charge is 0.332 e. The second-order valence-electron chi connectivity index (χ2n) is 2.62. The Bertz CT molecular complexity index is 140. The predicted molar refractivity (Wildman–Crippen MR) is 51.8 cm³/mol. The zero-order valence-electron chi connectivity index (χ0n) is 8.60. The molecule has 0 aromatic carbocycles. The summed E-state index contributed by atoms with van der Waals surface area (Å²) in [7, 11) is -1.10. The van der Waals surface area contributed by atoms with E-state index in [1.54, 1.807) is 0 Å². The molecule has 1 saturated heterocycles. The summed E-state index contributed by atoms with van der Waals surface area (Å²) in [6, 6.07) is 0. The van der Waals surface area contributed by atoms with Gasteiger partial charge in [0.2, 0.25) is 0 Å². The Labute approximate surface area is 85.6 Å². The largest absolute Gasteiger partial charge is 0.353 e. The molecule has 1 unspecified atom stereocenters. The second kappa shape index (κ2) is 7.51. The van der Waals surface area contributed by atoms with Gasteiger partial charge in [-0.2, -0.15) is 0 Å². The summed E-state index contributed by atoms with van der Waals surface area (Å²) in [5.41, 5.74) is 0. The summed E-state index contributed by atoms with van der Waals surface area (Å²) in [6.45, 7) is 6.66. The molecule has 0 aliphatic carbocycles. The van der Waals surface area contributed by atoms with Crippen molar-refractivity contribution < 1.29 is 23.0 Å². The summed E-state index contributed by atoms with van der Waals surface area (Å²) in [5.74, 6) is 0. The highest BCUT2D eigenvalue weighted by Crippen LogP contribution is 2.43. The van der Waals surface area contributed by atoms with Crippen molar-refractivity contribution in [3.8, 4) is 0 Å². The van der Waals surface area contributed by atoms with E-state index in [2.05, 4.69) is 0 Å². The topological polar surface area (TPSA) is 46.2 Å². The maximum absolute atomic E-state index is 5.29. The Kier molecular flexibility index (Phi) is 6.60. The Balaban J connectivity index is 1.88. The van der Waals surface area contributed by atoms with Gasteiger partial charge in [-0.15, -0.1) is 0 Å². The number of hydrogen-bond donors (Lipinski definition) is 0. The van der Waals surface area contributed by atoms with E-state index in [0.717, 1.165) is 0 Å². The van der Waals surface area contributed by atoms with E-state index >= 15 is 0 Å². The fourth-order valence-corrected chi connectivity index (χ4v) is 1.84. The van der Waals surface area contributed by atoms with Crippen molar-refractivity contribution >= 4 is 8.60 Å². The molecule has 0 radical (unpaired) electrons. The van der Waals surface area contributed by atoms with E-state index in [1.165, 1.54) is 0 Å². The highest BCUT2D eigenvalue weighted by atomic mass is 31.2. The molecule has 5 nitrogen and oxygen atoms in total. The molecule has 14 heavy (non-hydrogen) atoms. The van der Waals surface area contributed by atoms with Crippen LogP contribution >= 0.6 is 8.60 Å². The Morgan fingerprint density at radius 1 is 1.21 bits per heavy atom. The van der Waals surface area contributed by atoms with Gasteiger partial charge in [-0.05, 0) is 13.8 Å². The summed E-state index contributed by atoms with van der Waals surface area (Å²) < 4.78 is 26.0. The standard InChI is InChI=1S/C8H17O5P/c1-3-9-8(2)10-4-5-11-14-12-6-7-13-14/h8H,3-7H2,1-2H3. The fraction of sp³-hybridized carbons (Fsp3) is 1.00. The first-order valence-electron chi connectivity index (χ1n) is 4.75. The van der Waals surface area contributed by atoms with Crippen LogP contribution in [0.5, 0.6) is 0 Å². The molecular formula is C8H17O5P. The van der Waals surface area contributed by atoms with Crippen LogP contribution in [0.1, 0.15) is 13.8 Å². The molecule has 1 fully saturated rings. The number of ether oxygens (including phenoxy) is 2. The van der Waals surface area contributed by atoms with E-state index in [0.29, 0.717) is 33.0 Å². The molecule has 1 atom stereocenters. The monoisotopic (exact) mass is 224 g/mol. The van der Waals surface area contributed by atoms with Crippen molar-refractivity contribution in [2.24, 2.45) is 0 Å². The first-order valence-corrected chi connectivity index (χ1v) is 5.84. The van der Waals surface area contributed by atoms with Crippen molar-refractivity contribution in [3.05, 3.63) is 0 Å². The predicted octanol–water partition coefficient (Wildman–Crippen LogP) is 1.68. The molecule has 0 amide bonds. The normalized spacial score (nSPS) is 20.1. The van der Waals surface area contributed by atoms with Crippen molar-refractivity contribution in [1.29, 1.82) is 0 Å². The zero-order chi connectivity index (χ0) is 10.2. The molecule has 0 bridgehead atoms. The zero-order valence-corrected chi connectivity index (χ0v) is 9.50. The van der Waals surface area contributed by atoms with Crippen molar-refractivity contribution in [2.75, 3.05) is 33.0 Å². The number of hydrogen-bond acceptors (Lipinski definition) is 5. The van der Waals surface area contributed by atoms with Crippen LogP contribution in [0.15, 0.2) is 0 Å². The van der Waals surface area contributed by atoms with Crippen LogP contribution in [-0.4, -0.2) is 39.3 Å². The molecule has 0 N–H and O–H groups in total. The lowest BCUT2D eigenvalue weighted by atomic mass is 10.7. The molecule has 6 heteroatoms. The van der Waals surface area contributed by atoms with Gasteiger partial charge in [0, 0.05) is 6.61 Å². The third-order valence-corrected chi connectivity index (χ3v) is 2.69. The van der Waals surface area contributed by atoms with Gasteiger partial charge in [0.15, 0.2) is 6.29 Å². The molecule has 0 aromatic heterocycles. The summed E-state index contributed by atoms with van der Waals surface area (Å²) in [5, 5.41) is 0. The first-order chi connectivity index (χ1) is 6.83. The minimum Gasteiger partial charge on any atom is -0.353 e. The van der Waals surface area contributed by atoms with Gasteiger partial charge in [-0.3, -0.25) is 0 Å². The van der Waals surface area contributed by atoms with Gasteiger partial charge < -0.3 is 23.0 Å². The minimum atomic E-state index is -1.10. The molecular weight excluding hydrogens is 207 g/mol. The van der Waals surface area contributed by atoms with Crippen molar-refractivity contribution in [3.63, 3.8) is 0 Å². The van der Waals surface area contributed by atoms with Crippen LogP contribution in [0.4, 0.5) is 0 Å². The summed E-state index contributed by atoms with van der Waals surface area (Å²) >= 11 is 0. The van der Waals surface area contributed by atoms with E-state index in [9.17, 15) is 0 Å². The molecule has 0 aromatic rings. The molecule has 1 rings (SSSR count). The molecule has 0 saturated carbocycles. The third-order valence-electron chi connectivity index (χ3n) is 1.51. The van der Waals surface area contributed by atoms with E-state index in [1.807, 2.05) is 13.8 Å². The Morgan fingerprint density at radius 3 is 2.57 bits per heavy atom. The maximum atomic E-state index is 5.29. The lowest BCUT2D eigenvalue weighted by molar-refractivity contribution is -0.131. The van der Waals surface area contributed by atoms with E-state index < -0.39 is 8.60 Å². The lowest BCUT2D eigenvalue weighted by Gasteiger charge is -2.13. The maximum Gasteiger partial charge on any atom is 0.332 e. The minimum absolute atomic E-state index is 0.179. The van der Waals surface area contributed by atoms with Crippen LogP contribution in [-0.2, 0) is 23.0 Å². The summed E-state index contributed by atoms with van der Waals surface area (Å²) in [6.07, 6.45) is -0.179. The van der Waals surface area contributed by atoms with Gasteiger partial charge in [-0.1, -0.05) is 0 Å². The quantitative estimate of drug-likeness (QED) is 0.374.